The van der Waals surface area contributed by atoms with Gasteiger partial charge in [0.1, 0.15) is 0 Å². The summed E-state index contributed by atoms with van der Waals surface area (Å²) in [7, 11) is 1.46. The van der Waals surface area contributed by atoms with Gasteiger partial charge in [-0.15, -0.1) is 0 Å². The molecule has 0 fully saturated rings. The second-order valence-electron chi connectivity index (χ2n) is 3.62. The number of amides is 1. The van der Waals surface area contributed by atoms with Gasteiger partial charge < -0.3 is 15.8 Å². The maximum Gasteiger partial charge on any atom is 0.391 e. The molecule has 0 bridgehead atoms. The Morgan fingerprint density at radius 3 is 2.50 bits per heavy atom. The second kappa shape index (κ2) is 6.70. The van der Waals surface area contributed by atoms with Crippen LogP contribution in [0.25, 0.3) is 0 Å². The average molecular weight is 242 g/mol. The third-order valence-electron chi connectivity index (χ3n) is 1.90. The van der Waals surface area contributed by atoms with Gasteiger partial charge in [-0.1, -0.05) is 0 Å². The number of nitrogens with one attached hydrogen (secondary N) is 1. The van der Waals surface area contributed by atoms with E-state index in [0.29, 0.717) is 6.61 Å². The Labute approximate surface area is 92.3 Å². The zero-order valence-electron chi connectivity index (χ0n) is 9.30. The van der Waals surface area contributed by atoms with Crippen molar-refractivity contribution in [3.63, 3.8) is 0 Å². The molecule has 0 heterocycles. The highest BCUT2D eigenvalue weighted by molar-refractivity contribution is 5.81. The van der Waals surface area contributed by atoms with E-state index in [0.717, 1.165) is 0 Å². The van der Waals surface area contributed by atoms with E-state index in [1.807, 2.05) is 0 Å². The molecule has 2 atom stereocenters. The predicted molar refractivity (Wildman–Crippen MR) is 52.7 cm³/mol. The average Bonchev–Trinajstić information content (AvgIpc) is 2.10. The van der Waals surface area contributed by atoms with Crippen LogP contribution in [0, 0.1) is 0 Å². The van der Waals surface area contributed by atoms with Gasteiger partial charge in [0.2, 0.25) is 5.91 Å². The fourth-order valence-corrected chi connectivity index (χ4v) is 1.12. The van der Waals surface area contributed by atoms with Crippen LogP contribution in [-0.2, 0) is 9.53 Å². The molecule has 1 amide bonds. The van der Waals surface area contributed by atoms with Crippen molar-refractivity contribution in [2.24, 2.45) is 5.73 Å². The highest BCUT2D eigenvalue weighted by Gasteiger charge is 2.31. The van der Waals surface area contributed by atoms with Crippen LogP contribution in [0.15, 0.2) is 0 Å². The largest absolute Gasteiger partial charge is 0.391 e. The Morgan fingerprint density at radius 1 is 1.50 bits per heavy atom. The van der Waals surface area contributed by atoms with E-state index in [2.05, 4.69) is 5.32 Å². The summed E-state index contributed by atoms with van der Waals surface area (Å²) in [6.45, 7) is 1.58. The van der Waals surface area contributed by atoms with Gasteiger partial charge in [-0.3, -0.25) is 4.79 Å². The molecule has 0 saturated carbocycles. The number of halogens is 3. The zero-order valence-corrected chi connectivity index (χ0v) is 9.30. The van der Waals surface area contributed by atoms with Crippen LogP contribution in [0.5, 0.6) is 0 Å². The lowest BCUT2D eigenvalue weighted by Crippen LogP contribution is -2.46. The van der Waals surface area contributed by atoms with Crippen molar-refractivity contribution in [1.82, 2.24) is 5.32 Å². The van der Waals surface area contributed by atoms with Crippen LogP contribution in [0.4, 0.5) is 13.2 Å². The first-order valence-corrected chi connectivity index (χ1v) is 4.88. The molecule has 3 N–H and O–H groups in total. The van der Waals surface area contributed by atoms with E-state index in [-0.39, 0.29) is 6.42 Å². The second-order valence-corrected chi connectivity index (χ2v) is 3.62. The van der Waals surface area contributed by atoms with Gasteiger partial charge in [0.05, 0.1) is 12.5 Å². The third-order valence-corrected chi connectivity index (χ3v) is 1.90. The minimum absolute atomic E-state index is 0.279. The van der Waals surface area contributed by atoms with E-state index in [4.69, 9.17) is 10.5 Å². The first-order chi connectivity index (χ1) is 7.26. The highest BCUT2D eigenvalue weighted by atomic mass is 19.4. The smallest absolute Gasteiger partial charge is 0.385 e. The molecule has 0 aromatic carbocycles. The van der Waals surface area contributed by atoms with E-state index in [1.165, 1.54) is 14.0 Å². The number of hydrogen-bond acceptors (Lipinski definition) is 3. The molecule has 0 aliphatic heterocycles. The van der Waals surface area contributed by atoms with Gasteiger partial charge in [-0.25, -0.2) is 0 Å². The zero-order chi connectivity index (χ0) is 12.8. The van der Waals surface area contributed by atoms with Gasteiger partial charge in [0.25, 0.3) is 0 Å². The quantitative estimate of drug-likeness (QED) is 0.724. The van der Waals surface area contributed by atoms with Crippen molar-refractivity contribution in [2.45, 2.75) is 38.0 Å². The Hall–Kier alpha value is -0.820. The van der Waals surface area contributed by atoms with Crippen molar-refractivity contribution in [3.05, 3.63) is 0 Å². The lowest BCUT2D eigenvalue weighted by molar-refractivity contribution is -0.141. The normalized spacial score (nSPS) is 15.6. The maximum absolute atomic E-state index is 12.0. The Bertz CT molecular complexity index is 221. The molecule has 7 heteroatoms. The first kappa shape index (κ1) is 15.2. The van der Waals surface area contributed by atoms with Crippen molar-refractivity contribution in [2.75, 3.05) is 13.7 Å². The molecule has 0 aliphatic carbocycles. The fraction of sp³-hybridized carbons (Fsp3) is 0.889. The maximum atomic E-state index is 12.0. The predicted octanol–water partition coefficient (Wildman–Crippen LogP) is 0.807. The van der Waals surface area contributed by atoms with Crippen molar-refractivity contribution >= 4 is 5.91 Å². The Kier molecular flexibility index (Phi) is 6.35. The molecular formula is C9H17F3N2O2. The van der Waals surface area contributed by atoms with Crippen LogP contribution in [-0.4, -0.2) is 37.9 Å². The monoisotopic (exact) mass is 242 g/mol. The number of methoxy groups -OCH3 is 1. The minimum atomic E-state index is -4.29. The van der Waals surface area contributed by atoms with Gasteiger partial charge >= 0.3 is 6.18 Å². The van der Waals surface area contributed by atoms with E-state index in [1.54, 1.807) is 0 Å². The molecule has 16 heavy (non-hydrogen) atoms. The summed E-state index contributed by atoms with van der Waals surface area (Å²) in [6.07, 6.45) is -5.07. The number of rotatable bonds is 6. The summed E-state index contributed by atoms with van der Waals surface area (Å²) in [5.41, 5.74) is 5.44. The molecule has 4 nitrogen and oxygen atoms in total. The lowest BCUT2D eigenvalue weighted by Gasteiger charge is -2.18. The van der Waals surface area contributed by atoms with Gasteiger partial charge in [-0.2, -0.15) is 13.2 Å². The van der Waals surface area contributed by atoms with Crippen LogP contribution in [0.3, 0.4) is 0 Å². The molecule has 0 saturated heterocycles. The first-order valence-electron chi connectivity index (χ1n) is 4.88. The number of carbonyl (C=O) groups excluding carboxylic acids is 1. The molecule has 96 valence electrons. The van der Waals surface area contributed by atoms with E-state index < -0.39 is 30.6 Å². The van der Waals surface area contributed by atoms with Crippen LogP contribution < -0.4 is 11.1 Å². The van der Waals surface area contributed by atoms with Gasteiger partial charge in [0, 0.05) is 19.8 Å². The lowest BCUT2D eigenvalue weighted by atomic mass is 10.2. The van der Waals surface area contributed by atoms with E-state index in [9.17, 15) is 18.0 Å². The Morgan fingerprint density at radius 2 is 2.06 bits per heavy atom. The molecule has 0 aromatic rings. The molecule has 0 radical (unpaired) electrons. The standard InChI is InChI=1S/C9H17F3N2O2/c1-6(5-9(10,11)12)14-8(15)7(13)3-4-16-2/h6-7H,3-5,13H2,1-2H3,(H,14,15). The summed E-state index contributed by atoms with van der Waals surface area (Å²) in [5, 5.41) is 2.21. The van der Waals surface area contributed by atoms with Crippen molar-refractivity contribution in [3.8, 4) is 0 Å². The van der Waals surface area contributed by atoms with Crippen LogP contribution in [0.1, 0.15) is 19.8 Å². The summed E-state index contributed by atoms with van der Waals surface area (Å²) < 4.78 is 40.6. The molecular weight excluding hydrogens is 225 g/mol. The summed E-state index contributed by atoms with van der Waals surface area (Å²) >= 11 is 0. The fourth-order valence-electron chi connectivity index (χ4n) is 1.12. The van der Waals surface area contributed by atoms with Crippen LogP contribution in [0.2, 0.25) is 0 Å². The molecule has 0 aromatic heterocycles. The van der Waals surface area contributed by atoms with Gasteiger partial charge in [-0.05, 0) is 13.3 Å². The van der Waals surface area contributed by atoms with Crippen LogP contribution >= 0.6 is 0 Å². The Balaban J connectivity index is 3.94. The number of carbonyl (C=O) groups is 1. The summed E-state index contributed by atoms with van der Waals surface area (Å²) in [6, 6.07) is -1.81. The number of ether oxygens (including phenoxy) is 1. The number of nitrogens with two attached hydrogens (primary N) is 1. The summed E-state index contributed by atoms with van der Waals surface area (Å²) in [4.78, 5) is 11.3. The SMILES string of the molecule is COCCC(N)C(=O)NC(C)CC(F)(F)F. The topological polar surface area (TPSA) is 64.3 Å². The van der Waals surface area contributed by atoms with Crippen molar-refractivity contribution < 1.29 is 22.7 Å². The highest BCUT2D eigenvalue weighted by Crippen LogP contribution is 2.21. The van der Waals surface area contributed by atoms with E-state index >= 15 is 0 Å². The van der Waals surface area contributed by atoms with Crippen molar-refractivity contribution in [1.29, 1.82) is 0 Å². The number of alkyl halides is 3. The molecule has 0 spiro atoms. The summed E-state index contributed by atoms with van der Waals surface area (Å²) in [5.74, 6) is -0.589. The molecule has 0 aliphatic rings. The van der Waals surface area contributed by atoms with Gasteiger partial charge in [0.15, 0.2) is 0 Å². The molecule has 0 rings (SSSR count). The number of hydrogen-bond donors (Lipinski definition) is 2. The molecule has 2 unspecified atom stereocenters. The minimum Gasteiger partial charge on any atom is -0.385 e. The third kappa shape index (κ3) is 7.47.